The summed E-state index contributed by atoms with van der Waals surface area (Å²) < 4.78 is 10.6. The van der Waals surface area contributed by atoms with Gasteiger partial charge in [-0.05, 0) is 36.4 Å². The molecule has 3 heterocycles. The predicted octanol–water partition coefficient (Wildman–Crippen LogP) is 19.2. The van der Waals surface area contributed by atoms with Crippen LogP contribution in [-0.2, 0) is 7.05 Å². The van der Waals surface area contributed by atoms with Gasteiger partial charge in [0.2, 0.25) is 0 Å². The summed E-state index contributed by atoms with van der Waals surface area (Å²) in [7, 11) is 2.12. The van der Waals surface area contributed by atoms with Crippen molar-refractivity contribution in [3.63, 3.8) is 0 Å². The van der Waals surface area contributed by atoms with Crippen LogP contribution >= 0.6 is 11.3 Å². The molecule has 0 aliphatic rings. The van der Waals surface area contributed by atoms with Gasteiger partial charge in [-0.3, -0.25) is 0 Å². The van der Waals surface area contributed by atoms with Crippen molar-refractivity contribution >= 4 is 75.3 Å². The molecule has 0 radical (unpaired) electrons. The average molecular weight is 774 g/mol. The van der Waals surface area contributed by atoms with Crippen LogP contribution in [0, 0.1) is 0 Å². The molecule has 0 aliphatic carbocycles. The van der Waals surface area contributed by atoms with Gasteiger partial charge in [-0.2, -0.15) is 0 Å². The highest BCUT2D eigenvalue weighted by atomic mass is 32.1. The number of nitrogens with zero attached hydrogens (tertiary/aromatic N) is 1. The molecule has 0 bridgehead atoms. The van der Waals surface area contributed by atoms with Crippen LogP contribution in [-0.4, -0.2) is 4.57 Å². The smallest absolute Gasteiger partial charge is 0.135 e. The Morgan fingerprint density at radius 1 is 0.304 bits per heavy atom. The van der Waals surface area contributed by atoms with E-state index in [0.29, 0.717) is 0 Å². The number of hydrogen-bond donors (Lipinski definition) is 0. The van der Waals surface area contributed by atoms with Crippen LogP contribution in [0.5, 0.6) is 0 Å². The molecule has 304 valence electrons. The van der Waals surface area contributed by atoms with Crippen LogP contribution < -0.4 is 0 Å². The van der Waals surface area contributed by atoms with E-state index in [-0.39, 0.29) is 0 Å². The summed E-state index contributed by atoms with van der Waals surface area (Å²) in [5, 5.41) is 7.82. The minimum absolute atomic E-state index is 0.962. The SMILES string of the molecule is CC.CC.CC.CC.CC.CC.CC.CC.Cn1c2ccccc2c2ccccc21.c1ccc2c(c1)oc1ccccc12.c1ccc2c(c1)sc1ccccc12. The topological polar surface area (TPSA) is 18.1 Å². The van der Waals surface area contributed by atoms with E-state index in [0.717, 1.165) is 11.2 Å². The first-order valence-electron chi connectivity index (χ1n) is 21.4. The van der Waals surface area contributed by atoms with Crippen molar-refractivity contribution in [3.05, 3.63) is 146 Å². The van der Waals surface area contributed by atoms with Gasteiger partial charge >= 0.3 is 0 Å². The van der Waals surface area contributed by atoms with Gasteiger partial charge in [0.05, 0.1) is 0 Å². The molecule has 6 aromatic carbocycles. The maximum absolute atomic E-state index is 5.65. The van der Waals surface area contributed by atoms with Crippen LogP contribution in [0.3, 0.4) is 0 Å². The summed E-state index contributed by atoms with van der Waals surface area (Å²) in [4.78, 5) is 0. The first-order valence-corrected chi connectivity index (χ1v) is 22.2. The summed E-state index contributed by atoms with van der Waals surface area (Å²) in [5.41, 5.74) is 4.52. The van der Waals surface area contributed by atoms with Gasteiger partial charge in [-0.15, -0.1) is 11.3 Å². The standard InChI is InChI=1S/C13H11N.C12H8O.C12H8S.8C2H6/c1-14-12-8-4-2-6-10(12)11-7-3-5-9-13(11)14;2*1-3-7-11-9(5-1)10-6-2-4-8-12(10)13-11;8*1-2/h2-9H,1H3;2*1-8H;8*1-2H3. The number of benzene rings is 6. The highest BCUT2D eigenvalue weighted by Gasteiger charge is 2.05. The van der Waals surface area contributed by atoms with Crippen molar-refractivity contribution < 1.29 is 4.42 Å². The molecule has 0 saturated heterocycles. The lowest BCUT2D eigenvalue weighted by molar-refractivity contribution is 0.669. The molecule has 0 aliphatic heterocycles. The maximum atomic E-state index is 5.65. The molecule has 0 saturated carbocycles. The van der Waals surface area contributed by atoms with Gasteiger partial charge < -0.3 is 8.98 Å². The number of rotatable bonds is 0. The molecule has 0 amide bonds. The summed E-state index contributed by atoms with van der Waals surface area (Å²) in [6.45, 7) is 32.0. The third-order valence-electron chi connectivity index (χ3n) is 7.39. The first-order chi connectivity index (χ1) is 27.8. The lowest BCUT2D eigenvalue weighted by Gasteiger charge is -1.95. The van der Waals surface area contributed by atoms with Gasteiger partial charge in [0, 0.05) is 59.8 Å². The minimum Gasteiger partial charge on any atom is -0.456 e. The zero-order valence-corrected chi connectivity index (χ0v) is 38.9. The van der Waals surface area contributed by atoms with Crippen LogP contribution in [0.15, 0.2) is 150 Å². The number of fused-ring (bicyclic) bond motifs is 9. The van der Waals surface area contributed by atoms with Crippen LogP contribution in [0.25, 0.3) is 63.9 Å². The molecule has 9 rings (SSSR count). The van der Waals surface area contributed by atoms with Crippen LogP contribution in [0.4, 0.5) is 0 Å². The molecule has 2 nitrogen and oxygen atoms in total. The van der Waals surface area contributed by atoms with Crippen molar-refractivity contribution in [2.75, 3.05) is 0 Å². The molecular weight excluding hydrogens is 699 g/mol. The predicted molar refractivity (Wildman–Crippen MR) is 264 cm³/mol. The van der Waals surface area contributed by atoms with Crippen molar-refractivity contribution in [2.24, 2.45) is 7.05 Å². The second-order valence-corrected chi connectivity index (χ2v) is 10.9. The first kappa shape index (κ1) is 53.2. The second-order valence-electron chi connectivity index (χ2n) is 9.78. The lowest BCUT2D eigenvalue weighted by atomic mass is 10.2. The van der Waals surface area contributed by atoms with Crippen molar-refractivity contribution in [3.8, 4) is 0 Å². The Bertz CT molecular complexity index is 1990. The van der Waals surface area contributed by atoms with E-state index in [2.05, 4.69) is 121 Å². The summed E-state index contributed by atoms with van der Waals surface area (Å²) in [6, 6.07) is 50.4. The molecule has 3 heteroatoms. The number of thiophene rings is 1. The molecule has 0 atom stereocenters. The molecule has 9 aromatic rings. The zero-order chi connectivity index (χ0) is 42.9. The molecule has 0 spiro atoms. The van der Waals surface area contributed by atoms with Gasteiger partial charge in [0.1, 0.15) is 11.2 Å². The molecule has 56 heavy (non-hydrogen) atoms. The third-order valence-corrected chi connectivity index (χ3v) is 8.54. The third kappa shape index (κ3) is 14.3. The Labute approximate surface area is 346 Å². The fourth-order valence-electron chi connectivity index (χ4n) is 5.47. The molecule has 3 aromatic heterocycles. The number of aryl methyl sites for hydroxylation is 1. The molecule has 0 fully saturated rings. The Morgan fingerprint density at radius 2 is 0.554 bits per heavy atom. The van der Waals surface area contributed by atoms with Crippen LogP contribution in [0.2, 0.25) is 0 Å². The minimum atomic E-state index is 0.962. The highest BCUT2D eigenvalue weighted by Crippen LogP contribution is 2.33. The van der Waals surface area contributed by atoms with E-state index < -0.39 is 0 Å². The quantitative estimate of drug-likeness (QED) is 0.150. The highest BCUT2D eigenvalue weighted by molar-refractivity contribution is 7.25. The van der Waals surface area contributed by atoms with E-state index in [4.69, 9.17) is 4.42 Å². The number of hydrogen-bond acceptors (Lipinski definition) is 2. The largest absolute Gasteiger partial charge is 0.456 e. The van der Waals surface area contributed by atoms with Gasteiger partial charge in [0.25, 0.3) is 0 Å². The average Bonchev–Trinajstić information content (AvgIpc) is 3.99. The van der Waals surface area contributed by atoms with Crippen molar-refractivity contribution in [1.82, 2.24) is 4.57 Å². The molecule has 0 N–H and O–H groups in total. The zero-order valence-electron chi connectivity index (χ0n) is 38.1. The second kappa shape index (κ2) is 33.5. The monoisotopic (exact) mass is 774 g/mol. The Morgan fingerprint density at radius 3 is 0.893 bits per heavy atom. The molecule has 0 unspecified atom stereocenters. The Hall–Kier alpha value is -4.86. The molecular formula is C53H75NOS. The number of para-hydroxylation sites is 4. The van der Waals surface area contributed by atoms with Gasteiger partial charge in [-0.25, -0.2) is 0 Å². The maximum Gasteiger partial charge on any atom is 0.135 e. The van der Waals surface area contributed by atoms with Gasteiger partial charge in [-0.1, -0.05) is 220 Å². The van der Waals surface area contributed by atoms with Gasteiger partial charge in [0.15, 0.2) is 0 Å². The van der Waals surface area contributed by atoms with E-state index in [1.54, 1.807) is 0 Å². The van der Waals surface area contributed by atoms with E-state index in [1.165, 1.54) is 52.8 Å². The number of furan rings is 1. The summed E-state index contributed by atoms with van der Waals surface area (Å²) >= 11 is 1.86. The van der Waals surface area contributed by atoms with E-state index >= 15 is 0 Å². The summed E-state index contributed by atoms with van der Waals surface area (Å²) in [5.74, 6) is 0. The fourth-order valence-corrected chi connectivity index (χ4v) is 6.57. The van der Waals surface area contributed by atoms with Crippen molar-refractivity contribution in [2.45, 2.75) is 111 Å². The summed E-state index contributed by atoms with van der Waals surface area (Å²) in [6.07, 6.45) is 0. The van der Waals surface area contributed by atoms with E-state index in [9.17, 15) is 0 Å². The Kier molecular flexibility index (Phi) is 31.8. The Balaban J connectivity index is 0. The normalized spacial score (nSPS) is 8.80. The lowest BCUT2D eigenvalue weighted by Crippen LogP contribution is -1.84. The number of aromatic nitrogens is 1. The van der Waals surface area contributed by atoms with E-state index in [1.807, 2.05) is 159 Å². The fraction of sp³-hybridized carbons (Fsp3) is 0.321. The van der Waals surface area contributed by atoms with Crippen molar-refractivity contribution in [1.29, 1.82) is 0 Å². The van der Waals surface area contributed by atoms with Crippen LogP contribution in [0.1, 0.15) is 111 Å².